The molecule has 110 valence electrons. The highest BCUT2D eigenvalue weighted by atomic mass is 32.2. The van der Waals surface area contributed by atoms with Crippen molar-refractivity contribution < 1.29 is 13.9 Å². The Morgan fingerprint density at radius 1 is 1.55 bits per heavy atom. The van der Waals surface area contributed by atoms with Crippen LogP contribution in [0.1, 0.15) is 12.8 Å². The minimum absolute atomic E-state index is 0.202. The smallest absolute Gasteiger partial charge is 0.232 e. The fourth-order valence-electron chi connectivity index (χ4n) is 2.41. The van der Waals surface area contributed by atoms with Crippen LogP contribution in [-0.4, -0.2) is 42.5 Å². The fourth-order valence-corrected chi connectivity index (χ4v) is 2.84. The maximum Gasteiger partial charge on any atom is 0.232 e. The van der Waals surface area contributed by atoms with Gasteiger partial charge in [0.15, 0.2) is 0 Å². The van der Waals surface area contributed by atoms with Crippen molar-refractivity contribution in [3.8, 4) is 5.75 Å². The van der Waals surface area contributed by atoms with Crippen LogP contribution >= 0.6 is 11.8 Å². The van der Waals surface area contributed by atoms with Gasteiger partial charge in [0.2, 0.25) is 5.91 Å². The molecule has 1 heterocycles. The van der Waals surface area contributed by atoms with E-state index >= 15 is 0 Å². The molecule has 1 aromatic rings. The summed E-state index contributed by atoms with van der Waals surface area (Å²) in [5.74, 6) is 1.34. The molecule has 1 atom stereocenters. The Morgan fingerprint density at radius 3 is 3.15 bits per heavy atom. The van der Waals surface area contributed by atoms with Crippen LogP contribution in [0.3, 0.4) is 0 Å². The standard InChI is InChI=1S/C15H20FNO2S/c1-20-11-15(18)17-7-3-4-12(9-17)10-19-14-6-2-5-13(16)8-14/h2,5-6,8,12H,3-4,7,9-11H2,1H3. The van der Waals surface area contributed by atoms with Gasteiger partial charge in [-0.2, -0.15) is 11.8 Å². The number of nitrogens with zero attached hydrogens (tertiary/aromatic N) is 1. The first-order chi connectivity index (χ1) is 9.69. The molecule has 2 rings (SSSR count). The first-order valence-electron chi connectivity index (χ1n) is 6.84. The molecule has 1 aromatic carbocycles. The van der Waals surface area contributed by atoms with E-state index < -0.39 is 0 Å². The van der Waals surface area contributed by atoms with Gasteiger partial charge in [-0.3, -0.25) is 4.79 Å². The third-order valence-corrected chi connectivity index (χ3v) is 3.96. The Hall–Kier alpha value is -1.23. The number of piperidine rings is 1. The highest BCUT2D eigenvalue weighted by Gasteiger charge is 2.23. The van der Waals surface area contributed by atoms with Crippen molar-refractivity contribution in [2.24, 2.45) is 5.92 Å². The number of likely N-dealkylation sites (tertiary alicyclic amines) is 1. The van der Waals surface area contributed by atoms with Crippen molar-refractivity contribution in [1.82, 2.24) is 4.90 Å². The predicted molar refractivity (Wildman–Crippen MR) is 79.6 cm³/mol. The normalized spacial score (nSPS) is 18.9. The largest absolute Gasteiger partial charge is 0.493 e. The van der Waals surface area contributed by atoms with Gasteiger partial charge in [0.25, 0.3) is 0 Å². The van der Waals surface area contributed by atoms with Crippen LogP contribution in [0.4, 0.5) is 4.39 Å². The summed E-state index contributed by atoms with van der Waals surface area (Å²) >= 11 is 1.55. The number of carbonyl (C=O) groups is 1. The maximum absolute atomic E-state index is 13.1. The van der Waals surface area contributed by atoms with Crippen LogP contribution in [0, 0.1) is 11.7 Å². The third-order valence-electron chi connectivity index (χ3n) is 3.42. The second-order valence-corrected chi connectivity index (χ2v) is 5.92. The van der Waals surface area contributed by atoms with E-state index in [4.69, 9.17) is 4.74 Å². The van der Waals surface area contributed by atoms with Gasteiger partial charge in [-0.15, -0.1) is 0 Å². The molecular weight excluding hydrogens is 277 g/mol. The zero-order valence-corrected chi connectivity index (χ0v) is 12.5. The quantitative estimate of drug-likeness (QED) is 0.837. The van der Waals surface area contributed by atoms with Crippen molar-refractivity contribution in [2.45, 2.75) is 12.8 Å². The molecule has 1 amide bonds. The highest BCUT2D eigenvalue weighted by Crippen LogP contribution is 2.20. The lowest BCUT2D eigenvalue weighted by Gasteiger charge is -2.32. The lowest BCUT2D eigenvalue weighted by molar-refractivity contribution is -0.130. The van der Waals surface area contributed by atoms with Crippen LogP contribution in [0.15, 0.2) is 24.3 Å². The Bertz CT molecular complexity index is 455. The molecule has 1 aliphatic heterocycles. The first kappa shape index (κ1) is 15.2. The number of amides is 1. The summed E-state index contributed by atoms with van der Waals surface area (Å²) in [5, 5.41) is 0. The van der Waals surface area contributed by atoms with Crippen LogP contribution in [0.25, 0.3) is 0 Å². The van der Waals surface area contributed by atoms with Crippen molar-refractivity contribution in [1.29, 1.82) is 0 Å². The molecule has 0 aromatic heterocycles. The SMILES string of the molecule is CSCC(=O)N1CCCC(COc2cccc(F)c2)C1. The van der Waals surface area contributed by atoms with Crippen LogP contribution < -0.4 is 4.74 Å². The van der Waals surface area contributed by atoms with Gasteiger partial charge in [-0.05, 0) is 31.2 Å². The number of ether oxygens (including phenoxy) is 1. The minimum Gasteiger partial charge on any atom is -0.493 e. The van der Waals surface area contributed by atoms with E-state index in [2.05, 4.69) is 0 Å². The van der Waals surface area contributed by atoms with E-state index in [0.29, 0.717) is 24.0 Å². The summed E-state index contributed by atoms with van der Waals surface area (Å²) in [6.45, 7) is 2.12. The topological polar surface area (TPSA) is 29.5 Å². The molecule has 20 heavy (non-hydrogen) atoms. The Balaban J connectivity index is 1.82. The molecule has 0 aliphatic carbocycles. The molecule has 0 radical (unpaired) electrons. The summed E-state index contributed by atoms with van der Waals surface area (Å²) in [6.07, 6.45) is 4.00. The zero-order valence-electron chi connectivity index (χ0n) is 11.7. The molecule has 1 saturated heterocycles. The van der Waals surface area contributed by atoms with Crippen molar-refractivity contribution in [3.05, 3.63) is 30.1 Å². The molecule has 0 spiro atoms. The first-order valence-corrected chi connectivity index (χ1v) is 8.23. The summed E-state index contributed by atoms with van der Waals surface area (Å²) in [5.41, 5.74) is 0. The summed E-state index contributed by atoms with van der Waals surface area (Å²) in [6, 6.07) is 6.18. The third kappa shape index (κ3) is 4.40. The van der Waals surface area contributed by atoms with E-state index in [0.717, 1.165) is 25.9 Å². The lowest BCUT2D eigenvalue weighted by atomic mass is 9.99. The van der Waals surface area contributed by atoms with Crippen molar-refractivity contribution >= 4 is 17.7 Å². The van der Waals surface area contributed by atoms with Gasteiger partial charge in [-0.1, -0.05) is 6.07 Å². The summed E-state index contributed by atoms with van der Waals surface area (Å²) in [7, 11) is 0. The molecule has 5 heteroatoms. The van der Waals surface area contributed by atoms with Gasteiger partial charge < -0.3 is 9.64 Å². The van der Waals surface area contributed by atoms with Gasteiger partial charge >= 0.3 is 0 Å². The van der Waals surface area contributed by atoms with Crippen molar-refractivity contribution in [3.63, 3.8) is 0 Å². The fraction of sp³-hybridized carbons (Fsp3) is 0.533. The molecule has 1 fully saturated rings. The average molecular weight is 297 g/mol. The molecule has 0 saturated carbocycles. The molecule has 1 unspecified atom stereocenters. The number of rotatable bonds is 5. The number of hydrogen-bond donors (Lipinski definition) is 0. The number of halogens is 1. The van der Waals surface area contributed by atoms with Crippen LogP contribution in [0.2, 0.25) is 0 Å². The molecule has 0 N–H and O–H groups in total. The Kier molecular flexibility index (Phi) is 5.71. The number of thioether (sulfide) groups is 1. The summed E-state index contributed by atoms with van der Waals surface area (Å²) < 4.78 is 18.7. The molecule has 0 bridgehead atoms. The second kappa shape index (κ2) is 7.53. The number of benzene rings is 1. The van der Waals surface area contributed by atoms with E-state index in [1.807, 2.05) is 11.2 Å². The van der Waals surface area contributed by atoms with Gasteiger partial charge in [0.1, 0.15) is 11.6 Å². The second-order valence-electron chi connectivity index (χ2n) is 5.05. The summed E-state index contributed by atoms with van der Waals surface area (Å²) in [4.78, 5) is 13.8. The van der Waals surface area contributed by atoms with Gasteiger partial charge in [0.05, 0.1) is 12.4 Å². The monoisotopic (exact) mass is 297 g/mol. The van der Waals surface area contributed by atoms with Gasteiger partial charge in [-0.25, -0.2) is 4.39 Å². The predicted octanol–water partition coefficient (Wildman–Crippen LogP) is 2.81. The lowest BCUT2D eigenvalue weighted by Crippen LogP contribution is -2.42. The molecule has 1 aliphatic rings. The Labute approximate surface area is 123 Å². The Morgan fingerprint density at radius 2 is 2.40 bits per heavy atom. The van der Waals surface area contributed by atoms with E-state index in [9.17, 15) is 9.18 Å². The molecule has 3 nitrogen and oxygen atoms in total. The minimum atomic E-state index is -0.289. The van der Waals surface area contributed by atoms with E-state index in [-0.39, 0.29) is 11.7 Å². The van der Waals surface area contributed by atoms with Crippen molar-refractivity contribution in [2.75, 3.05) is 31.7 Å². The average Bonchev–Trinajstić information content (AvgIpc) is 2.46. The van der Waals surface area contributed by atoms with E-state index in [1.165, 1.54) is 12.1 Å². The molecular formula is C15H20FNO2S. The number of hydrogen-bond acceptors (Lipinski definition) is 3. The number of carbonyl (C=O) groups excluding carboxylic acids is 1. The van der Waals surface area contributed by atoms with Crippen LogP contribution in [0.5, 0.6) is 5.75 Å². The van der Waals surface area contributed by atoms with Crippen LogP contribution in [-0.2, 0) is 4.79 Å². The zero-order chi connectivity index (χ0) is 14.4. The highest BCUT2D eigenvalue weighted by molar-refractivity contribution is 7.99. The maximum atomic E-state index is 13.1. The van der Waals surface area contributed by atoms with E-state index in [1.54, 1.807) is 23.9 Å². The van der Waals surface area contributed by atoms with Gasteiger partial charge in [0, 0.05) is 25.1 Å².